The lowest BCUT2D eigenvalue weighted by Gasteiger charge is -2.12. The topological polar surface area (TPSA) is 73.1 Å². The first-order valence-electron chi connectivity index (χ1n) is 9.11. The molecule has 5 nitrogen and oxygen atoms in total. The lowest BCUT2D eigenvalue weighted by molar-refractivity contribution is 0.256. The fourth-order valence-electron chi connectivity index (χ4n) is 2.69. The number of nitrogens with two attached hydrogens (primary N) is 1. The van der Waals surface area contributed by atoms with Gasteiger partial charge in [-0.25, -0.2) is 9.97 Å². The molecule has 1 unspecified atom stereocenters. The maximum Gasteiger partial charge on any atom is 0.137 e. The minimum atomic E-state index is 0.568. The Hall–Kier alpha value is -2.82. The molecule has 2 aromatic carbocycles. The highest BCUT2D eigenvalue weighted by molar-refractivity contribution is 5.91. The van der Waals surface area contributed by atoms with Crippen LogP contribution in [-0.4, -0.2) is 23.1 Å². The Morgan fingerprint density at radius 2 is 2.04 bits per heavy atom. The van der Waals surface area contributed by atoms with E-state index in [9.17, 15) is 0 Å². The summed E-state index contributed by atoms with van der Waals surface area (Å²) in [5.74, 6) is 2.31. The van der Waals surface area contributed by atoms with E-state index in [1.54, 1.807) is 6.33 Å². The highest BCUT2D eigenvalue weighted by Gasteiger charge is 2.05. The number of nitrogens with one attached hydrogen (secondary N) is 1. The molecule has 0 bridgehead atoms. The summed E-state index contributed by atoms with van der Waals surface area (Å²) < 4.78 is 5.88. The quantitative estimate of drug-likeness (QED) is 0.593. The van der Waals surface area contributed by atoms with Gasteiger partial charge >= 0.3 is 0 Å². The van der Waals surface area contributed by atoms with Crippen LogP contribution in [0.1, 0.15) is 25.8 Å². The molecule has 0 amide bonds. The fraction of sp³-hybridized carbons (Fsp3) is 0.333. The maximum absolute atomic E-state index is 5.89. The van der Waals surface area contributed by atoms with E-state index in [0.717, 1.165) is 48.5 Å². The molecule has 0 aliphatic carbocycles. The molecule has 3 N–H and O–H groups in total. The number of rotatable bonds is 8. The number of benzene rings is 2. The van der Waals surface area contributed by atoms with Crippen molar-refractivity contribution in [3.8, 4) is 5.75 Å². The molecule has 136 valence electrons. The second-order valence-corrected chi connectivity index (χ2v) is 6.65. The van der Waals surface area contributed by atoms with E-state index in [2.05, 4.69) is 41.3 Å². The standard InChI is InChI=1S/C21H26N4O/c1-3-15(2)13-26-18-6-4-5-16(11-18)9-10-23-21-19-12-17(22)7-8-20(19)24-14-25-21/h4-8,11-12,14-15H,3,9-10,13,22H2,1-2H3,(H,23,24,25). The van der Waals surface area contributed by atoms with Crippen LogP contribution >= 0.6 is 0 Å². The summed E-state index contributed by atoms with van der Waals surface area (Å²) >= 11 is 0. The molecule has 0 radical (unpaired) electrons. The average molecular weight is 350 g/mol. The van der Waals surface area contributed by atoms with E-state index in [1.165, 1.54) is 5.56 Å². The van der Waals surface area contributed by atoms with Gasteiger partial charge in [0.25, 0.3) is 0 Å². The van der Waals surface area contributed by atoms with Crippen LogP contribution in [0.25, 0.3) is 10.9 Å². The van der Waals surface area contributed by atoms with Crippen molar-refractivity contribution in [2.75, 3.05) is 24.2 Å². The summed E-state index contributed by atoms with van der Waals surface area (Å²) in [7, 11) is 0. The van der Waals surface area contributed by atoms with Gasteiger partial charge in [-0.2, -0.15) is 0 Å². The second kappa shape index (κ2) is 8.52. The van der Waals surface area contributed by atoms with Crippen molar-refractivity contribution < 1.29 is 4.74 Å². The Labute approximate surface area is 154 Å². The number of nitrogens with zero attached hydrogens (tertiary/aromatic N) is 2. The largest absolute Gasteiger partial charge is 0.493 e. The summed E-state index contributed by atoms with van der Waals surface area (Å²) in [6, 6.07) is 14.0. The van der Waals surface area contributed by atoms with Crippen molar-refractivity contribution in [3.05, 3.63) is 54.4 Å². The van der Waals surface area contributed by atoms with Crippen LogP contribution in [0.15, 0.2) is 48.8 Å². The zero-order chi connectivity index (χ0) is 18.4. The Morgan fingerprint density at radius 1 is 1.15 bits per heavy atom. The van der Waals surface area contributed by atoms with Gasteiger partial charge in [-0.15, -0.1) is 0 Å². The highest BCUT2D eigenvalue weighted by Crippen LogP contribution is 2.22. The Morgan fingerprint density at radius 3 is 2.88 bits per heavy atom. The molecule has 5 heteroatoms. The predicted octanol–water partition coefficient (Wildman–Crippen LogP) is 4.29. The van der Waals surface area contributed by atoms with Crippen molar-refractivity contribution in [2.24, 2.45) is 5.92 Å². The molecule has 3 aromatic rings. The number of fused-ring (bicyclic) bond motifs is 1. The molecule has 0 saturated carbocycles. The van der Waals surface area contributed by atoms with Crippen molar-refractivity contribution in [2.45, 2.75) is 26.7 Å². The summed E-state index contributed by atoms with van der Waals surface area (Å²) in [5, 5.41) is 4.34. The third kappa shape index (κ3) is 4.63. The normalized spacial score (nSPS) is 12.1. The zero-order valence-corrected chi connectivity index (χ0v) is 15.4. The second-order valence-electron chi connectivity index (χ2n) is 6.65. The van der Waals surface area contributed by atoms with Gasteiger partial charge in [-0.3, -0.25) is 0 Å². The van der Waals surface area contributed by atoms with Crippen molar-refractivity contribution in [1.82, 2.24) is 9.97 Å². The molecule has 0 aliphatic heterocycles. The minimum Gasteiger partial charge on any atom is -0.493 e. The first-order chi connectivity index (χ1) is 12.7. The third-order valence-corrected chi connectivity index (χ3v) is 4.50. The van der Waals surface area contributed by atoms with E-state index in [0.29, 0.717) is 11.6 Å². The Kier molecular flexibility index (Phi) is 5.89. The smallest absolute Gasteiger partial charge is 0.137 e. The average Bonchev–Trinajstić information content (AvgIpc) is 2.66. The van der Waals surface area contributed by atoms with Gasteiger partial charge in [0.15, 0.2) is 0 Å². The molecule has 0 saturated heterocycles. The molecule has 1 heterocycles. The fourth-order valence-corrected chi connectivity index (χ4v) is 2.69. The third-order valence-electron chi connectivity index (χ3n) is 4.50. The molecule has 3 rings (SSSR count). The van der Waals surface area contributed by atoms with Crippen LogP contribution in [-0.2, 0) is 6.42 Å². The van der Waals surface area contributed by atoms with Crippen LogP contribution in [0.3, 0.4) is 0 Å². The van der Waals surface area contributed by atoms with Crippen LogP contribution in [0.2, 0.25) is 0 Å². The lowest BCUT2D eigenvalue weighted by Crippen LogP contribution is -2.09. The first-order valence-corrected chi connectivity index (χ1v) is 9.11. The minimum absolute atomic E-state index is 0.568. The molecule has 26 heavy (non-hydrogen) atoms. The highest BCUT2D eigenvalue weighted by atomic mass is 16.5. The molecule has 1 atom stereocenters. The van der Waals surface area contributed by atoms with Gasteiger partial charge in [0.2, 0.25) is 0 Å². The van der Waals surface area contributed by atoms with E-state index in [-0.39, 0.29) is 0 Å². The molecular weight excluding hydrogens is 324 g/mol. The van der Waals surface area contributed by atoms with E-state index >= 15 is 0 Å². The number of hydrogen-bond donors (Lipinski definition) is 2. The Bertz CT molecular complexity index is 866. The van der Waals surface area contributed by atoms with Crippen molar-refractivity contribution in [3.63, 3.8) is 0 Å². The van der Waals surface area contributed by atoms with Gasteiger partial charge < -0.3 is 15.8 Å². The number of hydrogen-bond acceptors (Lipinski definition) is 5. The van der Waals surface area contributed by atoms with Gasteiger partial charge in [-0.1, -0.05) is 32.4 Å². The Balaban J connectivity index is 1.61. The molecule has 0 fully saturated rings. The summed E-state index contributed by atoms with van der Waals surface area (Å²) in [5.41, 5.74) is 8.72. The summed E-state index contributed by atoms with van der Waals surface area (Å²) in [4.78, 5) is 8.63. The molecule has 0 aliphatic rings. The van der Waals surface area contributed by atoms with E-state index < -0.39 is 0 Å². The summed E-state index contributed by atoms with van der Waals surface area (Å²) in [6.07, 6.45) is 3.58. The van der Waals surface area contributed by atoms with Crippen LogP contribution in [0.5, 0.6) is 5.75 Å². The monoisotopic (exact) mass is 350 g/mol. The zero-order valence-electron chi connectivity index (χ0n) is 15.4. The SMILES string of the molecule is CCC(C)COc1cccc(CCNc2ncnc3ccc(N)cc23)c1. The molecule has 0 spiro atoms. The maximum atomic E-state index is 5.89. The number of ether oxygens (including phenoxy) is 1. The molecular formula is C21H26N4O. The van der Waals surface area contributed by atoms with Crippen molar-refractivity contribution >= 4 is 22.4 Å². The van der Waals surface area contributed by atoms with E-state index in [4.69, 9.17) is 10.5 Å². The van der Waals surface area contributed by atoms with Gasteiger partial charge in [0, 0.05) is 17.6 Å². The van der Waals surface area contributed by atoms with Gasteiger partial charge in [-0.05, 0) is 48.2 Å². The van der Waals surface area contributed by atoms with Crippen LogP contribution in [0, 0.1) is 5.92 Å². The van der Waals surface area contributed by atoms with Gasteiger partial charge in [0.1, 0.15) is 17.9 Å². The van der Waals surface area contributed by atoms with Gasteiger partial charge in [0.05, 0.1) is 12.1 Å². The van der Waals surface area contributed by atoms with Crippen LogP contribution < -0.4 is 15.8 Å². The lowest BCUT2D eigenvalue weighted by atomic mass is 10.1. The number of aromatic nitrogens is 2. The van der Waals surface area contributed by atoms with E-state index in [1.807, 2.05) is 30.3 Å². The number of nitrogen functional groups attached to an aromatic ring is 1. The van der Waals surface area contributed by atoms with Crippen LogP contribution in [0.4, 0.5) is 11.5 Å². The number of anilines is 2. The molecule has 1 aromatic heterocycles. The first kappa shape index (κ1) is 18.0. The predicted molar refractivity (Wildman–Crippen MR) is 108 cm³/mol. The summed E-state index contributed by atoms with van der Waals surface area (Å²) in [6.45, 7) is 5.91. The van der Waals surface area contributed by atoms with Crippen molar-refractivity contribution in [1.29, 1.82) is 0 Å².